The Kier molecular flexibility index (Phi) is 16.7. The number of rotatable bonds is 10. The molecular formula is C41H72N8O4. The predicted molar refractivity (Wildman–Crippen MR) is 211 cm³/mol. The van der Waals surface area contributed by atoms with Gasteiger partial charge >= 0.3 is 12.1 Å². The number of morpholine rings is 2. The molecule has 53 heavy (non-hydrogen) atoms. The Morgan fingerprint density at radius 1 is 0.491 bits per heavy atom. The lowest BCUT2D eigenvalue weighted by molar-refractivity contribution is 0.0605. The molecular weight excluding hydrogens is 669 g/mol. The summed E-state index contributed by atoms with van der Waals surface area (Å²) < 4.78 is 11.4. The van der Waals surface area contributed by atoms with E-state index in [1.54, 1.807) is 0 Å². The Morgan fingerprint density at radius 3 is 1.19 bits per heavy atom. The summed E-state index contributed by atoms with van der Waals surface area (Å²) in [5, 5.41) is 6.62. The van der Waals surface area contributed by atoms with Gasteiger partial charge in [0.1, 0.15) is 0 Å². The molecule has 0 aromatic carbocycles. The third-order valence-corrected chi connectivity index (χ3v) is 12.5. The quantitative estimate of drug-likeness (QED) is 0.143. The van der Waals surface area contributed by atoms with Gasteiger partial charge < -0.3 is 29.9 Å². The highest BCUT2D eigenvalue weighted by molar-refractivity contribution is 5.97. The highest BCUT2D eigenvalue weighted by Crippen LogP contribution is 2.28. The second kappa shape index (κ2) is 22.1. The number of nitrogens with zero attached hydrogens (tertiary/aromatic N) is 6. The van der Waals surface area contributed by atoms with Crippen molar-refractivity contribution in [2.75, 3.05) is 65.7 Å². The zero-order valence-corrected chi connectivity index (χ0v) is 33.0. The fourth-order valence-corrected chi connectivity index (χ4v) is 9.37. The second-order valence-electron chi connectivity index (χ2n) is 16.5. The molecule has 6 rings (SSSR count). The molecule has 6 aliphatic rings. The van der Waals surface area contributed by atoms with E-state index in [1.807, 2.05) is 0 Å². The van der Waals surface area contributed by atoms with Gasteiger partial charge in [0.15, 0.2) is 0 Å². The number of urea groups is 2. The van der Waals surface area contributed by atoms with Crippen LogP contribution in [0.15, 0.2) is 9.98 Å². The first-order valence-electron chi connectivity index (χ1n) is 22.1. The van der Waals surface area contributed by atoms with E-state index in [0.29, 0.717) is 51.6 Å². The Labute approximate surface area is 320 Å². The van der Waals surface area contributed by atoms with Crippen molar-refractivity contribution in [1.29, 1.82) is 0 Å². The van der Waals surface area contributed by atoms with E-state index >= 15 is 0 Å². The van der Waals surface area contributed by atoms with Gasteiger partial charge in [-0.15, -0.1) is 0 Å². The van der Waals surface area contributed by atoms with Crippen molar-refractivity contribution >= 4 is 24.0 Å². The van der Waals surface area contributed by atoms with Crippen LogP contribution in [0.2, 0.25) is 0 Å². The molecule has 4 saturated carbocycles. The summed E-state index contributed by atoms with van der Waals surface area (Å²) in [6.45, 7) is 7.11. The van der Waals surface area contributed by atoms with Gasteiger partial charge in [-0.1, -0.05) is 77.0 Å². The summed E-state index contributed by atoms with van der Waals surface area (Å²) in [6, 6.07) is 0.992. The summed E-state index contributed by atoms with van der Waals surface area (Å²) in [7, 11) is 0. The number of guanidine groups is 2. The maximum Gasteiger partial charge on any atom is 0.324 e. The van der Waals surface area contributed by atoms with Gasteiger partial charge in [0.2, 0.25) is 11.9 Å². The standard InChI is InChI=1S/C41H72N8O4/c50-40(48(36-20-10-3-11-21-36)38(46-26-30-52-31-27-46)44-34-16-6-1-7-17-34)42-24-14-5-15-25-43-41(51)49(37-22-12-4-13-23-37)39(47-28-32-53-33-29-47)45-35-18-8-2-9-19-35/h34-37H,1-33H2,(H,42,50)(H,43,51). The molecule has 2 N–H and O–H groups in total. The monoisotopic (exact) mass is 741 g/mol. The van der Waals surface area contributed by atoms with Gasteiger partial charge in [-0.2, -0.15) is 0 Å². The van der Waals surface area contributed by atoms with E-state index < -0.39 is 0 Å². The number of unbranched alkanes of at least 4 members (excludes halogenated alkanes) is 2. The molecule has 2 heterocycles. The lowest BCUT2D eigenvalue weighted by Crippen LogP contribution is -2.58. The highest BCUT2D eigenvalue weighted by atomic mass is 16.5. The Morgan fingerprint density at radius 2 is 0.830 bits per heavy atom. The number of carbonyl (C=O) groups excluding carboxylic acids is 2. The second-order valence-corrected chi connectivity index (χ2v) is 16.5. The summed E-state index contributed by atoms with van der Waals surface area (Å²) >= 11 is 0. The molecule has 4 aliphatic carbocycles. The van der Waals surface area contributed by atoms with E-state index in [-0.39, 0.29) is 24.1 Å². The third kappa shape index (κ3) is 12.2. The van der Waals surface area contributed by atoms with E-state index in [1.165, 1.54) is 77.0 Å². The number of aliphatic imine (C=N–C) groups is 2. The number of amides is 4. The van der Waals surface area contributed by atoms with Crippen molar-refractivity contribution in [2.24, 2.45) is 9.98 Å². The van der Waals surface area contributed by atoms with Crippen LogP contribution in [0.1, 0.15) is 148 Å². The normalized spacial score (nSPS) is 23.8. The molecule has 0 unspecified atom stereocenters. The Hall–Kier alpha value is -2.60. The van der Waals surface area contributed by atoms with Crippen molar-refractivity contribution in [3.63, 3.8) is 0 Å². The fraction of sp³-hybridized carbons (Fsp3) is 0.902. The van der Waals surface area contributed by atoms with E-state index in [2.05, 4.69) is 30.2 Å². The van der Waals surface area contributed by atoms with Crippen molar-refractivity contribution in [2.45, 2.75) is 172 Å². The zero-order chi connectivity index (χ0) is 36.5. The summed E-state index contributed by atoms with van der Waals surface area (Å²) in [4.78, 5) is 47.6. The summed E-state index contributed by atoms with van der Waals surface area (Å²) in [5.74, 6) is 1.77. The lowest BCUT2D eigenvalue weighted by Gasteiger charge is -2.41. The molecule has 6 fully saturated rings. The average molecular weight is 741 g/mol. The van der Waals surface area contributed by atoms with Crippen molar-refractivity contribution < 1.29 is 19.1 Å². The van der Waals surface area contributed by atoms with Gasteiger partial charge in [-0.25, -0.2) is 19.6 Å². The molecule has 0 aromatic rings. The van der Waals surface area contributed by atoms with Gasteiger partial charge in [-0.05, 0) is 70.6 Å². The van der Waals surface area contributed by atoms with E-state index in [4.69, 9.17) is 19.5 Å². The van der Waals surface area contributed by atoms with Crippen LogP contribution < -0.4 is 10.6 Å². The largest absolute Gasteiger partial charge is 0.378 e. The van der Waals surface area contributed by atoms with Gasteiger partial charge in [0.05, 0.1) is 38.5 Å². The fourth-order valence-electron chi connectivity index (χ4n) is 9.37. The average Bonchev–Trinajstić information content (AvgIpc) is 3.22. The van der Waals surface area contributed by atoms with Gasteiger partial charge in [-0.3, -0.25) is 9.80 Å². The molecule has 4 amide bonds. The maximum absolute atomic E-state index is 14.1. The minimum Gasteiger partial charge on any atom is -0.378 e. The number of hydrogen-bond acceptors (Lipinski definition) is 6. The Bertz CT molecular complexity index is 1060. The van der Waals surface area contributed by atoms with Crippen LogP contribution in [0.25, 0.3) is 0 Å². The van der Waals surface area contributed by atoms with Crippen LogP contribution in [0.4, 0.5) is 9.59 Å². The minimum atomic E-state index is 0.00210. The molecule has 300 valence electrons. The molecule has 2 aliphatic heterocycles. The summed E-state index contributed by atoms with van der Waals surface area (Å²) in [6.07, 6.45) is 25.9. The molecule has 0 aromatic heterocycles. The third-order valence-electron chi connectivity index (χ3n) is 12.5. The summed E-state index contributed by atoms with van der Waals surface area (Å²) in [5.41, 5.74) is 0. The highest BCUT2D eigenvalue weighted by Gasteiger charge is 2.35. The van der Waals surface area contributed by atoms with Gasteiger partial charge in [0, 0.05) is 51.4 Å². The first-order valence-corrected chi connectivity index (χ1v) is 22.1. The molecule has 2 saturated heterocycles. The number of hydrogen-bond donors (Lipinski definition) is 2. The molecule has 12 nitrogen and oxygen atoms in total. The molecule has 0 radical (unpaired) electrons. The van der Waals surface area contributed by atoms with Crippen molar-refractivity contribution in [3.05, 3.63) is 0 Å². The van der Waals surface area contributed by atoms with Crippen LogP contribution in [-0.2, 0) is 9.47 Å². The maximum atomic E-state index is 14.1. The first-order chi connectivity index (χ1) is 26.2. The van der Waals surface area contributed by atoms with Crippen molar-refractivity contribution in [1.82, 2.24) is 30.2 Å². The molecule has 12 heteroatoms. The molecule has 0 atom stereocenters. The van der Waals surface area contributed by atoms with Crippen LogP contribution in [0.5, 0.6) is 0 Å². The number of ether oxygens (including phenoxy) is 2. The SMILES string of the molecule is O=C(NCCCCCNC(=O)N(C(=NC1CCCCC1)N1CCOCC1)C1CCCCC1)N(C(=NC1CCCCC1)N1CCOCC1)C1CCCCC1. The lowest BCUT2D eigenvalue weighted by atomic mass is 9.94. The topological polar surface area (TPSA) is 114 Å². The molecule has 0 bridgehead atoms. The van der Waals surface area contributed by atoms with Crippen LogP contribution in [0.3, 0.4) is 0 Å². The minimum absolute atomic E-state index is 0.00210. The Balaban J connectivity index is 1.03. The van der Waals surface area contributed by atoms with Crippen LogP contribution in [-0.4, -0.2) is 133 Å². The van der Waals surface area contributed by atoms with Crippen LogP contribution >= 0.6 is 0 Å². The van der Waals surface area contributed by atoms with Crippen molar-refractivity contribution in [3.8, 4) is 0 Å². The predicted octanol–water partition coefficient (Wildman–Crippen LogP) is 6.89. The smallest absolute Gasteiger partial charge is 0.324 e. The number of carbonyl (C=O) groups is 2. The molecule has 0 spiro atoms. The first kappa shape index (κ1) is 40.1. The number of nitrogens with one attached hydrogen (secondary N) is 2. The van der Waals surface area contributed by atoms with E-state index in [9.17, 15) is 9.59 Å². The van der Waals surface area contributed by atoms with Crippen LogP contribution in [0, 0.1) is 0 Å². The van der Waals surface area contributed by atoms with E-state index in [0.717, 1.165) is 109 Å². The zero-order valence-electron chi connectivity index (χ0n) is 33.0. The van der Waals surface area contributed by atoms with Gasteiger partial charge in [0.25, 0.3) is 0 Å².